The highest BCUT2D eigenvalue weighted by molar-refractivity contribution is 5.76. The van der Waals surface area contributed by atoms with E-state index in [9.17, 15) is 14.0 Å². The van der Waals surface area contributed by atoms with E-state index in [1.165, 1.54) is 19.1 Å². The van der Waals surface area contributed by atoms with E-state index in [0.717, 1.165) is 5.56 Å². The fourth-order valence-electron chi connectivity index (χ4n) is 1.42. The van der Waals surface area contributed by atoms with Crippen molar-refractivity contribution in [3.63, 3.8) is 0 Å². The molecule has 0 fully saturated rings. The molecule has 2 atom stereocenters. The van der Waals surface area contributed by atoms with Gasteiger partial charge in [-0.15, -0.1) is 0 Å². The molecule has 0 aromatic heterocycles. The summed E-state index contributed by atoms with van der Waals surface area (Å²) in [6, 6.07) is 5.06. The van der Waals surface area contributed by atoms with Gasteiger partial charge in [-0.1, -0.05) is 19.1 Å². The summed E-state index contributed by atoms with van der Waals surface area (Å²) in [5, 5.41) is 13.8. The Morgan fingerprint density at radius 2 is 1.84 bits per heavy atom. The van der Waals surface area contributed by atoms with Crippen molar-refractivity contribution < 1.29 is 19.1 Å². The third-order valence-corrected chi connectivity index (χ3v) is 2.71. The minimum atomic E-state index is -0.966. The third kappa shape index (κ3) is 4.95. The van der Waals surface area contributed by atoms with Crippen molar-refractivity contribution in [2.75, 3.05) is 6.54 Å². The summed E-state index contributed by atoms with van der Waals surface area (Å²) in [6.07, 6.45) is 0. The topological polar surface area (TPSA) is 78.4 Å². The van der Waals surface area contributed by atoms with Gasteiger partial charge in [-0.25, -0.2) is 9.18 Å². The van der Waals surface area contributed by atoms with E-state index in [1.54, 1.807) is 19.1 Å². The fourth-order valence-corrected chi connectivity index (χ4v) is 1.42. The lowest BCUT2D eigenvalue weighted by Crippen LogP contribution is -2.40. The van der Waals surface area contributed by atoms with E-state index in [1.807, 2.05) is 0 Å². The van der Waals surface area contributed by atoms with E-state index in [2.05, 4.69) is 10.6 Å². The first-order valence-electron chi connectivity index (χ1n) is 5.92. The van der Waals surface area contributed by atoms with Crippen LogP contribution in [0.4, 0.5) is 9.18 Å². The lowest BCUT2D eigenvalue weighted by Gasteiger charge is -2.15. The highest BCUT2D eigenvalue weighted by atomic mass is 19.1. The van der Waals surface area contributed by atoms with Gasteiger partial charge in [0.2, 0.25) is 0 Å². The number of halogens is 1. The van der Waals surface area contributed by atoms with Crippen LogP contribution < -0.4 is 10.6 Å². The van der Waals surface area contributed by atoms with Crippen molar-refractivity contribution in [1.29, 1.82) is 0 Å². The van der Waals surface area contributed by atoms with E-state index in [0.29, 0.717) is 0 Å². The molecule has 19 heavy (non-hydrogen) atoms. The van der Waals surface area contributed by atoms with E-state index in [4.69, 9.17) is 5.11 Å². The molecule has 1 aromatic carbocycles. The molecule has 0 radical (unpaired) electrons. The molecular formula is C13H17FN2O3. The Bertz CT molecular complexity index is 448. The summed E-state index contributed by atoms with van der Waals surface area (Å²) < 4.78 is 12.7. The molecule has 104 valence electrons. The van der Waals surface area contributed by atoms with Gasteiger partial charge in [0.05, 0.1) is 12.0 Å². The van der Waals surface area contributed by atoms with Gasteiger partial charge in [-0.2, -0.15) is 0 Å². The molecular weight excluding hydrogens is 251 g/mol. The number of benzene rings is 1. The van der Waals surface area contributed by atoms with Gasteiger partial charge in [-0.3, -0.25) is 4.79 Å². The summed E-state index contributed by atoms with van der Waals surface area (Å²) in [5.74, 6) is -1.95. The first-order chi connectivity index (χ1) is 8.90. The molecule has 0 aliphatic rings. The van der Waals surface area contributed by atoms with Gasteiger partial charge in [0.25, 0.3) is 0 Å². The molecule has 0 spiro atoms. The Labute approximate surface area is 110 Å². The second-order valence-corrected chi connectivity index (χ2v) is 4.37. The van der Waals surface area contributed by atoms with Crippen LogP contribution in [0.1, 0.15) is 25.5 Å². The Morgan fingerprint density at radius 3 is 2.37 bits per heavy atom. The van der Waals surface area contributed by atoms with E-state index < -0.39 is 17.9 Å². The molecule has 3 N–H and O–H groups in total. The predicted octanol–water partition coefficient (Wildman–Crippen LogP) is 1.91. The summed E-state index contributed by atoms with van der Waals surface area (Å²) in [5.41, 5.74) is 0.767. The smallest absolute Gasteiger partial charge is 0.315 e. The average Bonchev–Trinajstić information content (AvgIpc) is 2.36. The summed E-state index contributed by atoms with van der Waals surface area (Å²) in [7, 11) is 0. The Morgan fingerprint density at radius 1 is 1.26 bits per heavy atom. The lowest BCUT2D eigenvalue weighted by molar-refractivity contribution is -0.140. The van der Waals surface area contributed by atoms with Crippen molar-refractivity contribution >= 4 is 12.0 Å². The van der Waals surface area contributed by atoms with Crippen LogP contribution in [-0.4, -0.2) is 23.7 Å². The molecule has 0 saturated heterocycles. The number of hydrogen-bond donors (Lipinski definition) is 3. The number of nitrogens with one attached hydrogen (secondary N) is 2. The van der Waals surface area contributed by atoms with Gasteiger partial charge < -0.3 is 15.7 Å². The standard InChI is InChI=1S/C13H17FN2O3/c1-8(12(17)18)7-15-13(19)16-9(2)10-3-5-11(14)6-4-10/h3-6,8-9H,7H2,1-2H3,(H,17,18)(H2,15,16,19). The molecule has 0 aliphatic carbocycles. The molecule has 1 rings (SSSR count). The number of carboxylic acid groups (broad SMARTS) is 1. The molecule has 0 aliphatic heterocycles. The van der Waals surface area contributed by atoms with Gasteiger partial charge in [0, 0.05) is 6.54 Å². The van der Waals surface area contributed by atoms with Gasteiger partial charge in [-0.05, 0) is 24.6 Å². The summed E-state index contributed by atoms with van der Waals surface area (Å²) in [4.78, 5) is 22.1. The largest absolute Gasteiger partial charge is 0.481 e. The first-order valence-corrected chi connectivity index (χ1v) is 5.92. The van der Waals surface area contributed by atoms with Crippen LogP contribution in [0.2, 0.25) is 0 Å². The van der Waals surface area contributed by atoms with Crippen LogP contribution in [0.25, 0.3) is 0 Å². The third-order valence-electron chi connectivity index (χ3n) is 2.71. The second-order valence-electron chi connectivity index (χ2n) is 4.37. The number of carboxylic acids is 1. The first kappa shape index (κ1) is 14.9. The molecule has 6 heteroatoms. The van der Waals surface area contributed by atoms with Crippen molar-refractivity contribution in [2.24, 2.45) is 5.92 Å². The Balaban J connectivity index is 2.44. The normalized spacial score (nSPS) is 13.4. The molecule has 1 aromatic rings. The monoisotopic (exact) mass is 268 g/mol. The number of carbonyl (C=O) groups excluding carboxylic acids is 1. The maximum absolute atomic E-state index is 12.7. The number of carbonyl (C=O) groups is 2. The van der Waals surface area contributed by atoms with Gasteiger partial charge in [0.15, 0.2) is 0 Å². The van der Waals surface area contributed by atoms with Crippen molar-refractivity contribution in [3.8, 4) is 0 Å². The highest BCUT2D eigenvalue weighted by Crippen LogP contribution is 2.12. The van der Waals surface area contributed by atoms with Crippen LogP contribution in [-0.2, 0) is 4.79 Å². The van der Waals surface area contributed by atoms with Crippen LogP contribution in [0.15, 0.2) is 24.3 Å². The van der Waals surface area contributed by atoms with Gasteiger partial charge in [0.1, 0.15) is 5.82 Å². The zero-order chi connectivity index (χ0) is 14.4. The number of aliphatic carboxylic acids is 1. The number of urea groups is 1. The number of hydrogen-bond acceptors (Lipinski definition) is 2. The second kappa shape index (κ2) is 6.72. The van der Waals surface area contributed by atoms with Crippen LogP contribution in [0, 0.1) is 11.7 Å². The maximum atomic E-state index is 12.7. The molecule has 2 unspecified atom stereocenters. The molecule has 0 bridgehead atoms. The fraction of sp³-hybridized carbons (Fsp3) is 0.385. The molecule has 5 nitrogen and oxygen atoms in total. The number of rotatable bonds is 5. The average molecular weight is 268 g/mol. The van der Waals surface area contributed by atoms with Crippen molar-refractivity contribution in [1.82, 2.24) is 10.6 Å². The highest BCUT2D eigenvalue weighted by Gasteiger charge is 2.13. The summed E-state index contributed by atoms with van der Waals surface area (Å²) >= 11 is 0. The minimum Gasteiger partial charge on any atom is -0.481 e. The molecule has 0 saturated carbocycles. The maximum Gasteiger partial charge on any atom is 0.315 e. The zero-order valence-corrected chi connectivity index (χ0v) is 10.8. The van der Waals surface area contributed by atoms with Crippen LogP contribution in [0.5, 0.6) is 0 Å². The van der Waals surface area contributed by atoms with Crippen LogP contribution >= 0.6 is 0 Å². The zero-order valence-electron chi connectivity index (χ0n) is 10.8. The van der Waals surface area contributed by atoms with Gasteiger partial charge >= 0.3 is 12.0 Å². The van der Waals surface area contributed by atoms with Crippen molar-refractivity contribution in [3.05, 3.63) is 35.6 Å². The molecule has 2 amide bonds. The van der Waals surface area contributed by atoms with E-state index in [-0.39, 0.29) is 18.4 Å². The predicted molar refractivity (Wildman–Crippen MR) is 68.1 cm³/mol. The van der Waals surface area contributed by atoms with Crippen molar-refractivity contribution in [2.45, 2.75) is 19.9 Å². The number of amides is 2. The Kier molecular flexibility index (Phi) is 5.29. The van der Waals surface area contributed by atoms with E-state index >= 15 is 0 Å². The SMILES string of the molecule is CC(CNC(=O)NC(C)c1ccc(F)cc1)C(=O)O. The lowest BCUT2D eigenvalue weighted by atomic mass is 10.1. The minimum absolute atomic E-state index is 0.0529. The summed E-state index contributed by atoms with van der Waals surface area (Å²) in [6.45, 7) is 3.32. The quantitative estimate of drug-likeness (QED) is 0.763. The van der Waals surface area contributed by atoms with Crippen LogP contribution in [0.3, 0.4) is 0 Å². The molecule has 0 heterocycles. The Hall–Kier alpha value is -2.11.